The van der Waals surface area contributed by atoms with Crippen molar-refractivity contribution >= 4 is 0 Å². The maximum atomic E-state index is 3.72. The highest BCUT2D eigenvalue weighted by Crippen LogP contribution is 2.21. The van der Waals surface area contributed by atoms with Crippen LogP contribution in [0.4, 0.5) is 0 Å². The Labute approximate surface area is 124 Å². The first-order valence-corrected chi connectivity index (χ1v) is 8.23. The van der Waals surface area contributed by atoms with Crippen molar-refractivity contribution in [3.63, 3.8) is 0 Å². The van der Waals surface area contributed by atoms with E-state index in [1.165, 1.54) is 31.4 Å². The molecular formula is C18H30N2. The van der Waals surface area contributed by atoms with Crippen molar-refractivity contribution in [2.45, 2.75) is 52.1 Å². The third-order valence-electron chi connectivity index (χ3n) is 4.52. The smallest absolute Gasteiger partial charge is 0.0449 e. The highest BCUT2D eigenvalue weighted by atomic mass is 15.2. The minimum absolute atomic E-state index is 0.481. The average molecular weight is 274 g/mol. The van der Waals surface area contributed by atoms with E-state index in [0.29, 0.717) is 12.1 Å². The van der Waals surface area contributed by atoms with Gasteiger partial charge in [-0.15, -0.1) is 0 Å². The Morgan fingerprint density at radius 3 is 2.75 bits per heavy atom. The van der Waals surface area contributed by atoms with Crippen LogP contribution in [0.5, 0.6) is 0 Å². The summed E-state index contributed by atoms with van der Waals surface area (Å²) in [4.78, 5) is 2.69. The zero-order valence-corrected chi connectivity index (χ0v) is 13.3. The maximum Gasteiger partial charge on any atom is 0.0449 e. The molecule has 0 aliphatic carbocycles. The van der Waals surface area contributed by atoms with Crippen LogP contribution in [0.25, 0.3) is 0 Å². The molecule has 20 heavy (non-hydrogen) atoms. The molecule has 0 amide bonds. The summed E-state index contributed by atoms with van der Waals surface area (Å²) in [6.45, 7) is 10.6. The van der Waals surface area contributed by atoms with E-state index in [4.69, 9.17) is 0 Å². The van der Waals surface area contributed by atoms with E-state index < -0.39 is 0 Å². The van der Waals surface area contributed by atoms with Crippen molar-refractivity contribution in [2.75, 3.05) is 19.6 Å². The predicted molar refractivity (Wildman–Crippen MR) is 86.9 cm³/mol. The standard InChI is InChI=1S/C18H30N2/c1-4-8-15(2)13-20-14-18(19-12-11-16(20)3)17-9-6-5-7-10-17/h5-7,9-10,15-16,18-19H,4,8,11-14H2,1-3H3. The van der Waals surface area contributed by atoms with Gasteiger partial charge >= 0.3 is 0 Å². The molecule has 0 saturated carbocycles. The van der Waals surface area contributed by atoms with Gasteiger partial charge in [-0.2, -0.15) is 0 Å². The number of hydrogen-bond acceptors (Lipinski definition) is 2. The number of benzene rings is 1. The topological polar surface area (TPSA) is 15.3 Å². The SMILES string of the molecule is CCCC(C)CN1CC(c2ccccc2)NCCC1C. The van der Waals surface area contributed by atoms with Crippen molar-refractivity contribution in [2.24, 2.45) is 5.92 Å². The van der Waals surface area contributed by atoms with E-state index in [9.17, 15) is 0 Å². The third-order valence-corrected chi connectivity index (χ3v) is 4.52. The molecule has 1 N–H and O–H groups in total. The fourth-order valence-corrected chi connectivity index (χ4v) is 3.28. The van der Waals surface area contributed by atoms with Crippen molar-refractivity contribution in [3.05, 3.63) is 35.9 Å². The van der Waals surface area contributed by atoms with E-state index in [1.807, 2.05) is 0 Å². The van der Waals surface area contributed by atoms with Gasteiger partial charge in [-0.25, -0.2) is 0 Å². The van der Waals surface area contributed by atoms with Gasteiger partial charge < -0.3 is 5.32 Å². The van der Waals surface area contributed by atoms with E-state index in [2.05, 4.69) is 61.3 Å². The average Bonchev–Trinajstić information content (AvgIpc) is 2.63. The van der Waals surface area contributed by atoms with Crippen LogP contribution in [-0.2, 0) is 0 Å². The van der Waals surface area contributed by atoms with Crippen molar-refractivity contribution in [1.82, 2.24) is 10.2 Å². The van der Waals surface area contributed by atoms with Gasteiger partial charge in [0.1, 0.15) is 0 Å². The lowest BCUT2D eigenvalue weighted by molar-refractivity contribution is 0.174. The van der Waals surface area contributed by atoms with Crippen LogP contribution in [0, 0.1) is 5.92 Å². The zero-order valence-electron chi connectivity index (χ0n) is 13.3. The van der Waals surface area contributed by atoms with E-state index in [0.717, 1.165) is 19.0 Å². The van der Waals surface area contributed by atoms with Crippen LogP contribution >= 0.6 is 0 Å². The van der Waals surface area contributed by atoms with Crippen molar-refractivity contribution in [3.8, 4) is 0 Å². The van der Waals surface area contributed by atoms with Crippen molar-refractivity contribution < 1.29 is 0 Å². The van der Waals surface area contributed by atoms with Gasteiger partial charge in [0.2, 0.25) is 0 Å². The number of hydrogen-bond donors (Lipinski definition) is 1. The minimum atomic E-state index is 0.481. The lowest BCUT2D eigenvalue weighted by Gasteiger charge is -2.31. The number of rotatable bonds is 5. The van der Waals surface area contributed by atoms with Gasteiger partial charge in [0, 0.05) is 25.2 Å². The molecule has 3 atom stereocenters. The Morgan fingerprint density at radius 2 is 2.05 bits per heavy atom. The summed E-state index contributed by atoms with van der Waals surface area (Å²) in [5, 5.41) is 3.72. The molecule has 0 bridgehead atoms. The van der Waals surface area contributed by atoms with E-state index >= 15 is 0 Å². The molecule has 1 heterocycles. The second kappa shape index (κ2) is 7.80. The molecule has 1 aromatic carbocycles. The highest BCUT2D eigenvalue weighted by molar-refractivity contribution is 5.19. The van der Waals surface area contributed by atoms with Crippen LogP contribution in [0.3, 0.4) is 0 Å². The van der Waals surface area contributed by atoms with Crippen LogP contribution in [-0.4, -0.2) is 30.6 Å². The molecule has 0 radical (unpaired) electrons. The predicted octanol–water partition coefficient (Wildman–Crippen LogP) is 3.85. The Balaban J connectivity index is 2.02. The summed E-state index contributed by atoms with van der Waals surface area (Å²) >= 11 is 0. The van der Waals surface area contributed by atoms with Gasteiger partial charge in [-0.3, -0.25) is 4.90 Å². The normalized spacial score (nSPS) is 26.1. The van der Waals surface area contributed by atoms with Crippen molar-refractivity contribution in [1.29, 1.82) is 0 Å². The molecule has 1 aliphatic rings. The van der Waals surface area contributed by atoms with Gasteiger partial charge in [-0.05, 0) is 37.8 Å². The Hall–Kier alpha value is -0.860. The zero-order chi connectivity index (χ0) is 14.4. The lowest BCUT2D eigenvalue weighted by atomic mass is 10.0. The highest BCUT2D eigenvalue weighted by Gasteiger charge is 2.24. The molecule has 1 fully saturated rings. The number of nitrogens with zero attached hydrogens (tertiary/aromatic N) is 1. The lowest BCUT2D eigenvalue weighted by Crippen LogP contribution is -2.38. The summed E-state index contributed by atoms with van der Waals surface area (Å²) in [7, 11) is 0. The third kappa shape index (κ3) is 4.32. The first kappa shape index (κ1) is 15.5. The molecule has 0 aromatic heterocycles. The Bertz CT molecular complexity index is 376. The maximum absolute atomic E-state index is 3.72. The summed E-state index contributed by atoms with van der Waals surface area (Å²) < 4.78 is 0. The molecule has 1 aromatic rings. The molecule has 112 valence electrons. The largest absolute Gasteiger partial charge is 0.309 e. The molecule has 1 aliphatic heterocycles. The molecule has 2 heteroatoms. The van der Waals surface area contributed by atoms with Gasteiger partial charge in [0.05, 0.1) is 0 Å². The number of nitrogens with one attached hydrogen (secondary N) is 1. The molecule has 3 unspecified atom stereocenters. The summed E-state index contributed by atoms with van der Waals surface area (Å²) in [5.74, 6) is 0.803. The van der Waals surface area contributed by atoms with Gasteiger partial charge in [0.15, 0.2) is 0 Å². The van der Waals surface area contributed by atoms with E-state index in [1.54, 1.807) is 0 Å². The quantitative estimate of drug-likeness (QED) is 0.877. The monoisotopic (exact) mass is 274 g/mol. The Kier molecular flexibility index (Phi) is 6.06. The van der Waals surface area contributed by atoms with Gasteiger partial charge in [-0.1, -0.05) is 50.6 Å². The molecule has 2 rings (SSSR count). The van der Waals surface area contributed by atoms with E-state index in [-0.39, 0.29) is 0 Å². The Morgan fingerprint density at radius 1 is 1.30 bits per heavy atom. The first-order valence-electron chi connectivity index (χ1n) is 8.23. The fourth-order valence-electron chi connectivity index (χ4n) is 3.28. The molecule has 0 spiro atoms. The van der Waals surface area contributed by atoms with Crippen LogP contribution in [0.1, 0.15) is 51.6 Å². The minimum Gasteiger partial charge on any atom is -0.309 e. The second-order valence-electron chi connectivity index (χ2n) is 6.40. The molecule has 1 saturated heterocycles. The summed E-state index contributed by atoms with van der Waals surface area (Å²) in [5.41, 5.74) is 1.43. The first-order chi connectivity index (χ1) is 9.70. The van der Waals surface area contributed by atoms with Crippen LogP contribution in [0.2, 0.25) is 0 Å². The van der Waals surface area contributed by atoms with Crippen LogP contribution < -0.4 is 5.32 Å². The van der Waals surface area contributed by atoms with Crippen LogP contribution in [0.15, 0.2) is 30.3 Å². The summed E-state index contributed by atoms with van der Waals surface area (Å²) in [6.07, 6.45) is 3.89. The molecule has 2 nitrogen and oxygen atoms in total. The molecular weight excluding hydrogens is 244 g/mol. The fraction of sp³-hybridized carbons (Fsp3) is 0.667. The second-order valence-corrected chi connectivity index (χ2v) is 6.40. The van der Waals surface area contributed by atoms with Gasteiger partial charge in [0.25, 0.3) is 0 Å². The summed E-state index contributed by atoms with van der Waals surface area (Å²) in [6, 6.07) is 12.1.